The average molecular weight is 248 g/mol. The Bertz CT molecular complexity index is 430. The van der Waals surface area contributed by atoms with Gasteiger partial charge in [-0.25, -0.2) is 0 Å². The molecule has 0 heterocycles. The summed E-state index contributed by atoms with van der Waals surface area (Å²) in [6, 6.07) is 7.82. The topological polar surface area (TPSA) is 37.3 Å². The summed E-state index contributed by atoms with van der Waals surface area (Å²) >= 11 is 4.14. The van der Waals surface area contributed by atoms with Crippen molar-refractivity contribution in [1.82, 2.24) is 0 Å². The molecular formula is C14H16O2S. The van der Waals surface area contributed by atoms with Gasteiger partial charge in [0.2, 0.25) is 0 Å². The van der Waals surface area contributed by atoms with Crippen LogP contribution < -0.4 is 0 Å². The third kappa shape index (κ3) is 2.55. The van der Waals surface area contributed by atoms with E-state index < -0.39 is 11.4 Å². The van der Waals surface area contributed by atoms with Crippen molar-refractivity contribution in [1.29, 1.82) is 0 Å². The predicted octanol–water partition coefficient (Wildman–Crippen LogP) is 3.14. The molecule has 1 fully saturated rings. The van der Waals surface area contributed by atoms with Gasteiger partial charge in [0, 0.05) is 0 Å². The van der Waals surface area contributed by atoms with Crippen molar-refractivity contribution in [2.45, 2.75) is 24.7 Å². The third-order valence-electron chi connectivity index (χ3n) is 3.23. The molecular weight excluding hydrogens is 232 g/mol. The Morgan fingerprint density at radius 2 is 2.00 bits per heavy atom. The Labute approximate surface area is 107 Å². The second-order valence-corrected chi connectivity index (χ2v) is 4.87. The molecule has 0 aliphatic heterocycles. The van der Waals surface area contributed by atoms with Crippen LogP contribution in [0.3, 0.4) is 0 Å². The standard InChI is InChI=1S/C14H16O2S/c15-13(16)14(8-9-14)12-6-4-11(5-7-12)3-1-2-10-17/h1,3-7,17H,2,8-10H2,(H,15,16). The molecule has 1 saturated carbocycles. The molecule has 0 spiro atoms. The number of rotatable bonds is 5. The first-order valence-corrected chi connectivity index (χ1v) is 6.44. The smallest absolute Gasteiger partial charge is 0.314 e. The SMILES string of the molecule is O=C(O)C1(c2ccc(C=CCCS)cc2)CC1. The van der Waals surface area contributed by atoms with Gasteiger partial charge in [-0.1, -0.05) is 36.4 Å². The van der Waals surface area contributed by atoms with Gasteiger partial charge in [-0.3, -0.25) is 4.79 Å². The van der Waals surface area contributed by atoms with E-state index in [0.717, 1.165) is 36.1 Å². The highest BCUT2D eigenvalue weighted by Crippen LogP contribution is 2.48. The van der Waals surface area contributed by atoms with E-state index in [4.69, 9.17) is 0 Å². The molecule has 90 valence electrons. The number of carboxylic acid groups (broad SMARTS) is 1. The summed E-state index contributed by atoms with van der Waals surface area (Å²) in [6.45, 7) is 0. The Kier molecular flexibility index (Phi) is 3.57. The van der Waals surface area contributed by atoms with E-state index in [9.17, 15) is 9.90 Å². The van der Waals surface area contributed by atoms with E-state index in [2.05, 4.69) is 18.7 Å². The van der Waals surface area contributed by atoms with E-state index in [-0.39, 0.29) is 0 Å². The molecule has 17 heavy (non-hydrogen) atoms. The lowest BCUT2D eigenvalue weighted by Gasteiger charge is -2.09. The number of allylic oxidation sites excluding steroid dienone is 1. The Hall–Kier alpha value is -1.22. The van der Waals surface area contributed by atoms with Gasteiger partial charge in [0.1, 0.15) is 0 Å². The molecule has 0 amide bonds. The number of hydrogen-bond donors (Lipinski definition) is 2. The number of aliphatic carboxylic acids is 1. The van der Waals surface area contributed by atoms with Crippen molar-refractivity contribution in [3.8, 4) is 0 Å². The highest BCUT2D eigenvalue weighted by molar-refractivity contribution is 7.80. The van der Waals surface area contributed by atoms with Crippen LogP contribution in [0.4, 0.5) is 0 Å². The zero-order valence-electron chi connectivity index (χ0n) is 9.60. The minimum absolute atomic E-state index is 0.590. The van der Waals surface area contributed by atoms with Crippen molar-refractivity contribution in [2.24, 2.45) is 0 Å². The molecule has 1 aliphatic rings. The van der Waals surface area contributed by atoms with Crippen LogP contribution in [0.25, 0.3) is 6.08 Å². The highest BCUT2D eigenvalue weighted by Gasteiger charge is 2.51. The Morgan fingerprint density at radius 1 is 1.35 bits per heavy atom. The van der Waals surface area contributed by atoms with Crippen molar-refractivity contribution < 1.29 is 9.90 Å². The molecule has 0 radical (unpaired) electrons. The quantitative estimate of drug-likeness (QED) is 0.786. The van der Waals surface area contributed by atoms with Crippen molar-refractivity contribution in [3.05, 3.63) is 41.5 Å². The Balaban J connectivity index is 2.11. The molecule has 2 rings (SSSR count). The van der Waals surface area contributed by atoms with E-state index >= 15 is 0 Å². The van der Waals surface area contributed by atoms with Crippen LogP contribution in [0.1, 0.15) is 30.4 Å². The zero-order chi connectivity index (χ0) is 12.3. The first-order valence-electron chi connectivity index (χ1n) is 5.80. The number of hydrogen-bond acceptors (Lipinski definition) is 2. The largest absolute Gasteiger partial charge is 0.481 e. The molecule has 1 aromatic rings. The fourth-order valence-electron chi connectivity index (χ4n) is 1.96. The lowest BCUT2D eigenvalue weighted by atomic mass is 9.95. The van der Waals surface area contributed by atoms with Gasteiger partial charge in [-0.15, -0.1) is 0 Å². The molecule has 2 nitrogen and oxygen atoms in total. The van der Waals surface area contributed by atoms with Crippen LogP contribution >= 0.6 is 12.6 Å². The summed E-state index contributed by atoms with van der Waals surface area (Å²) in [4.78, 5) is 11.2. The molecule has 3 heteroatoms. The summed E-state index contributed by atoms with van der Waals surface area (Å²) in [6.07, 6.45) is 6.59. The molecule has 0 saturated heterocycles. The molecule has 1 aromatic carbocycles. The van der Waals surface area contributed by atoms with E-state index in [1.807, 2.05) is 30.3 Å². The Morgan fingerprint density at radius 3 is 2.47 bits per heavy atom. The zero-order valence-corrected chi connectivity index (χ0v) is 10.5. The van der Waals surface area contributed by atoms with Gasteiger partial charge in [0.25, 0.3) is 0 Å². The lowest BCUT2D eigenvalue weighted by Crippen LogP contribution is -2.19. The van der Waals surface area contributed by atoms with Crippen LogP contribution in [0.5, 0.6) is 0 Å². The van der Waals surface area contributed by atoms with Crippen molar-refractivity contribution >= 4 is 24.7 Å². The minimum Gasteiger partial charge on any atom is -0.481 e. The van der Waals surface area contributed by atoms with E-state index in [0.29, 0.717) is 0 Å². The molecule has 0 atom stereocenters. The summed E-state index contributed by atoms with van der Waals surface area (Å²) in [5.74, 6) is 0.146. The third-order valence-corrected chi connectivity index (χ3v) is 3.49. The first kappa shape index (κ1) is 12.2. The van der Waals surface area contributed by atoms with Gasteiger partial charge in [0.05, 0.1) is 5.41 Å². The number of carbonyl (C=O) groups is 1. The number of carboxylic acids is 1. The van der Waals surface area contributed by atoms with Crippen molar-refractivity contribution in [2.75, 3.05) is 5.75 Å². The van der Waals surface area contributed by atoms with Crippen LogP contribution in [0.15, 0.2) is 30.3 Å². The molecule has 0 aromatic heterocycles. The molecule has 1 N–H and O–H groups in total. The summed E-state index contributed by atoms with van der Waals surface area (Å²) in [7, 11) is 0. The maximum Gasteiger partial charge on any atom is 0.314 e. The first-order chi connectivity index (χ1) is 8.19. The summed E-state index contributed by atoms with van der Waals surface area (Å²) < 4.78 is 0. The van der Waals surface area contributed by atoms with Crippen LogP contribution in [0.2, 0.25) is 0 Å². The number of thiol groups is 1. The fourth-order valence-corrected chi connectivity index (χ4v) is 2.11. The average Bonchev–Trinajstić information content (AvgIpc) is 3.11. The normalized spacial score (nSPS) is 17.2. The minimum atomic E-state index is -0.698. The fraction of sp³-hybridized carbons (Fsp3) is 0.357. The van der Waals surface area contributed by atoms with Crippen molar-refractivity contribution in [3.63, 3.8) is 0 Å². The summed E-state index contributed by atoms with van der Waals surface area (Å²) in [5, 5.41) is 9.18. The van der Waals surface area contributed by atoms with Gasteiger partial charge in [0.15, 0.2) is 0 Å². The monoisotopic (exact) mass is 248 g/mol. The van der Waals surface area contributed by atoms with Crippen LogP contribution in [-0.2, 0) is 10.2 Å². The highest BCUT2D eigenvalue weighted by atomic mass is 32.1. The predicted molar refractivity (Wildman–Crippen MR) is 72.5 cm³/mol. The van der Waals surface area contributed by atoms with Gasteiger partial charge < -0.3 is 5.11 Å². The second-order valence-electron chi connectivity index (χ2n) is 4.42. The number of benzene rings is 1. The second kappa shape index (κ2) is 4.96. The van der Waals surface area contributed by atoms with Gasteiger partial charge >= 0.3 is 5.97 Å². The summed E-state index contributed by atoms with van der Waals surface area (Å²) in [5.41, 5.74) is 1.45. The molecule has 0 bridgehead atoms. The molecule has 1 aliphatic carbocycles. The molecule has 0 unspecified atom stereocenters. The van der Waals surface area contributed by atoms with E-state index in [1.165, 1.54) is 0 Å². The van der Waals surface area contributed by atoms with Crippen LogP contribution in [-0.4, -0.2) is 16.8 Å². The maximum atomic E-state index is 11.2. The van der Waals surface area contributed by atoms with Crippen LogP contribution in [0, 0.1) is 0 Å². The lowest BCUT2D eigenvalue weighted by molar-refractivity contribution is -0.140. The van der Waals surface area contributed by atoms with Gasteiger partial charge in [-0.2, -0.15) is 12.6 Å². The van der Waals surface area contributed by atoms with E-state index in [1.54, 1.807) is 0 Å². The maximum absolute atomic E-state index is 11.2. The van der Waals surface area contributed by atoms with Gasteiger partial charge in [-0.05, 0) is 36.1 Å².